The molecule has 0 aliphatic rings. The zero-order valence-corrected chi connectivity index (χ0v) is 12.9. The van der Waals surface area contributed by atoms with E-state index in [-0.39, 0.29) is 11.4 Å². The van der Waals surface area contributed by atoms with Crippen LogP contribution in [0.3, 0.4) is 0 Å². The van der Waals surface area contributed by atoms with Gasteiger partial charge >= 0.3 is 12.2 Å². The summed E-state index contributed by atoms with van der Waals surface area (Å²) in [6.07, 6.45) is -4.52. The largest absolute Gasteiger partial charge is 0.416 e. The summed E-state index contributed by atoms with van der Waals surface area (Å²) in [5, 5.41) is 18.0. The van der Waals surface area contributed by atoms with Gasteiger partial charge in [0.25, 0.3) is 0 Å². The number of aromatic nitrogens is 1. The van der Waals surface area contributed by atoms with Crippen LogP contribution >= 0.6 is 0 Å². The van der Waals surface area contributed by atoms with E-state index in [1.807, 2.05) is 0 Å². The third-order valence-corrected chi connectivity index (χ3v) is 3.40. The summed E-state index contributed by atoms with van der Waals surface area (Å²) >= 11 is 0. The molecule has 1 heterocycles. The maximum Gasteiger partial charge on any atom is 0.416 e. The number of hydrogen-bond donors (Lipinski definition) is 3. The lowest BCUT2D eigenvalue weighted by Crippen LogP contribution is -2.48. The van der Waals surface area contributed by atoms with Gasteiger partial charge in [0.15, 0.2) is 5.82 Å². The van der Waals surface area contributed by atoms with Gasteiger partial charge in [-0.2, -0.15) is 13.2 Å². The van der Waals surface area contributed by atoms with E-state index in [1.54, 1.807) is 6.92 Å². The molecule has 2 rings (SSSR count). The normalized spacial score (nSPS) is 14.1. The summed E-state index contributed by atoms with van der Waals surface area (Å²) < 4.78 is 43.3. The number of alkyl halides is 3. The number of aryl methyl sites for hydroxylation is 1. The first-order chi connectivity index (χ1) is 11.1. The van der Waals surface area contributed by atoms with Gasteiger partial charge in [-0.05, 0) is 31.5 Å². The van der Waals surface area contributed by atoms with Crippen molar-refractivity contribution < 1.29 is 27.6 Å². The molecular formula is C15H16F3N3O3. The van der Waals surface area contributed by atoms with Crippen LogP contribution in [0.5, 0.6) is 0 Å². The second-order valence-corrected chi connectivity index (χ2v) is 5.47. The first-order valence-electron chi connectivity index (χ1n) is 6.95. The van der Waals surface area contributed by atoms with E-state index in [9.17, 15) is 23.1 Å². The van der Waals surface area contributed by atoms with Crippen molar-refractivity contribution >= 4 is 11.8 Å². The average molecular weight is 343 g/mol. The number of nitrogens with zero attached hydrogens (tertiary/aromatic N) is 1. The van der Waals surface area contributed by atoms with Crippen molar-refractivity contribution in [3.05, 3.63) is 47.2 Å². The van der Waals surface area contributed by atoms with Crippen LogP contribution in [-0.4, -0.2) is 22.9 Å². The van der Waals surface area contributed by atoms with Gasteiger partial charge in [0.05, 0.1) is 17.7 Å². The molecule has 0 saturated carbocycles. The van der Waals surface area contributed by atoms with E-state index in [0.717, 1.165) is 12.1 Å². The molecule has 1 aromatic carbocycles. The molecule has 24 heavy (non-hydrogen) atoms. The quantitative estimate of drug-likeness (QED) is 0.796. The highest BCUT2D eigenvalue weighted by atomic mass is 19.4. The first-order valence-corrected chi connectivity index (χ1v) is 6.95. The number of carbonyl (C=O) groups is 1. The molecule has 130 valence electrons. The van der Waals surface area contributed by atoms with Gasteiger partial charge < -0.3 is 14.9 Å². The first kappa shape index (κ1) is 17.8. The minimum Gasteiger partial charge on any atom is -0.394 e. The van der Waals surface area contributed by atoms with Crippen molar-refractivity contribution in [1.29, 1.82) is 0 Å². The number of carbonyl (C=O) groups excluding carboxylic acids is 1. The summed E-state index contributed by atoms with van der Waals surface area (Å²) in [6.45, 7) is 2.45. The van der Waals surface area contributed by atoms with Gasteiger partial charge in [-0.3, -0.25) is 5.32 Å². The highest BCUT2D eigenvalue weighted by Crippen LogP contribution is 2.32. The zero-order chi connectivity index (χ0) is 18.0. The van der Waals surface area contributed by atoms with Gasteiger partial charge in [0.2, 0.25) is 0 Å². The molecule has 1 aromatic heterocycles. The Morgan fingerprint density at radius 3 is 2.50 bits per heavy atom. The number of benzene rings is 1. The summed E-state index contributed by atoms with van der Waals surface area (Å²) in [6, 6.07) is 5.15. The van der Waals surface area contributed by atoms with Crippen LogP contribution in [-0.2, 0) is 11.7 Å². The minimum atomic E-state index is -4.52. The van der Waals surface area contributed by atoms with Crippen LogP contribution in [0.4, 0.5) is 23.8 Å². The van der Waals surface area contributed by atoms with Crippen LogP contribution < -0.4 is 10.6 Å². The van der Waals surface area contributed by atoms with Crippen LogP contribution in [0, 0.1) is 6.92 Å². The molecule has 2 amide bonds. The summed E-state index contributed by atoms with van der Waals surface area (Å²) in [4.78, 5) is 12.0. The van der Waals surface area contributed by atoms with Crippen molar-refractivity contribution in [3.63, 3.8) is 0 Å². The van der Waals surface area contributed by atoms with E-state index in [4.69, 9.17) is 4.52 Å². The third-order valence-electron chi connectivity index (χ3n) is 3.40. The molecule has 0 aliphatic carbocycles. The molecule has 0 spiro atoms. The predicted octanol–water partition coefficient (Wildman–Crippen LogP) is 3.03. The smallest absolute Gasteiger partial charge is 0.394 e. The van der Waals surface area contributed by atoms with Crippen LogP contribution in [0.25, 0.3) is 0 Å². The van der Waals surface area contributed by atoms with Gasteiger partial charge in [-0.25, -0.2) is 4.79 Å². The third kappa shape index (κ3) is 4.05. The molecule has 0 unspecified atom stereocenters. The maximum atomic E-state index is 12.8. The Morgan fingerprint density at radius 1 is 1.29 bits per heavy atom. The van der Waals surface area contributed by atoms with E-state index < -0.39 is 29.9 Å². The number of nitrogens with one attached hydrogen (secondary N) is 2. The highest BCUT2D eigenvalue weighted by molar-refractivity contribution is 5.88. The lowest BCUT2D eigenvalue weighted by atomic mass is 9.91. The molecule has 3 N–H and O–H groups in total. The molecule has 1 atom stereocenters. The van der Waals surface area contributed by atoms with Crippen molar-refractivity contribution in [1.82, 2.24) is 10.5 Å². The van der Waals surface area contributed by atoms with Crippen molar-refractivity contribution in [2.45, 2.75) is 25.6 Å². The molecule has 0 radical (unpaired) electrons. The highest BCUT2D eigenvalue weighted by Gasteiger charge is 2.34. The number of amides is 2. The van der Waals surface area contributed by atoms with Crippen molar-refractivity contribution in [3.8, 4) is 0 Å². The molecular weight excluding hydrogens is 327 g/mol. The van der Waals surface area contributed by atoms with E-state index >= 15 is 0 Å². The molecule has 0 aliphatic heterocycles. The lowest BCUT2D eigenvalue weighted by Gasteiger charge is -2.29. The lowest BCUT2D eigenvalue weighted by molar-refractivity contribution is -0.137. The molecule has 9 heteroatoms. The molecule has 6 nitrogen and oxygen atoms in total. The SMILES string of the molecule is Cc1cc(NC(=O)N[C@](C)(CO)c2cccc(C(F)(F)F)c2)no1. The van der Waals surface area contributed by atoms with Crippen molar-refractivity contribution in [2.75, 3.05) is 11.9 Å². The van der Waals surface area contributed by atoms with Gasteiger partial charge in [-0.1, -0.05) is 17.3 Å². The monoisotopic (exact) mass is 343 g/mol. The summed E-state index contributed by atoms with van der Waals surface area (Å²) in [5.41, 5.74) is -2.16. The van der Waals surface area contributed by atoms with Crippen LogP contribution in [0.15, 0.2) is 34.9 Å². The maximum absolute atomic E-state index is 12.8. The predicted molar refractivity (Wildman–Crippen MR) is 79.3 cm³/mol. The van der Waals surface area contributed by atoms with E-state index in [1.165, 1.54) is 25.1 Å². The van der Waals surface area contributed by atoms with Gasteiger partial charge in [0, 0.05) is 6.07 Å². The Hall–Kier alpha value is -2.55. The fourth-order valence-corrected chi connectivity index (χ4v) is 2.07. The number of hydrogen-bond acceptors (Lipinski definition) is 4. The number of anilines is 1. The Bertz CT molecular complexity index is 730. The number of aliphatic hydroxyl groups is 1. The Labute approximate surface area is 135 Å². The Kier molecular flexibility index (Phi) is 4.83. The van der Waals surface area contributed by atoms with Gasteiger partial charge in [0.1, 0.15) is 5.76 Å². The second-order valence-electron chi connectivity index (χ2n) is 5.47. The van der Waals surface area contributed by atoms with Crippen LogP contribution in [0.1, 0.15) is 23.8 Å². The fraction of sp³-hybridized carbons (Fsp3) is 0.333. The number of rotatable bonds is 4. The number of aliphatic hydroxyl groups excluding tert-OH is 1. The number of urea groups is 1. The Morgan fingerprint density at radius 2 is 1.96 bits per heavy atom. The molecule has 0 saturated heterocycles. The summed E-state index contributed by atoms with van der Waals surface area (Å²) in [5.74, 6) is 0.627. The minimum absolute atomic E-state index is 0.117. The topological polar surface area (TPSA) is 87.4 Å². The number of halogens is 3. The fourth-order valence-electron chi connectivity index (χ4n) is 2.07. The molecule has 0 fully saturated rings. The van der Waals surface area contributed by atoms with E-state index in [0.29, 0.717) is 5.76 Å². The molecule has 2 aromatic rings. The summed E-state index contributed by atoms with van der Waals surface area (Å²) in [7, 11) is 0. The standard InChI is InChI=1S/C15H16F3N3O3/c1-9-6-12(21-24-9)19-13(23)20-14(2,8-22)10-4-3-5-11(7-10)15(16,17)18/h3-7,22H,8H2,1-2H3,(H2,19,20,21,23)/t14-/m1/s1. The van der Waals surface area contributed by atoms with E-state index in [2.05, 4.69) is 15.8 Å². The average Bonchev–Trinajstić information content (AvgIpc) is 2.91. The Balaban J connectivity index is 2.20. The molecule has 0 bridgehead atoms. The van der Waals surface area contributed by atoms with Gasteiger partial charge in [-0.15, -0.1) is 0 Å². The van der Waals surface area contributed by atoms with Crippen LogP contribution in [0.2, 0.25) is 0 Å². The zero-order valence-electron chi connectivity index (χ0n) is 12.9. The second kappa shape index (κ2) is 6.52. The van der Waals surface area contributed by atoms with Crippen molar-refractivity contribution in [2.24, 2.45) is 0 Å².